The largest absolute Gasteiger partial charge is 0.458 e. The summed E-state index contributed by atoms with van der Waals surface area (Å²) in [6.07, 6.45) is 25.8. The van der Waals surface area contributed by atoms with Crippen LogP contribution in [0, 0.1) is 57.7 Å². The van der Waals surface area contributed by atoms with Crippen LogP contribution in [0.4, 0.5) is 9.59 Å². The molecule has 374 valence electrons. The number of carbonyl (C=O) groups excluding carboxylic acids is 3. The van der Waals surface area contributed by atoms with E-state index < -0.39 is 23.4 Å². The van der Waals surface area contributed by atoms with Crippen molar-refractivity contribution in [2.24, 2.45) is 57.7 Å². The van der Waals surface area contributed by atoms with Crippen molar-refractivity contribution in [1.29, 1.82) is 0 Å². The summed E-state index contributed by atoms with van der Waals surface area (Å²) < 4.78 is 31.3. The predicted octanol–water partition coefficient (Wildman–Crippen LogP) is 10.8. The lowest BCUT2D eigenvalue weighted by molar-refractivity contribution is -0.136. The van der Waals surface area contributed by atoms with Crippen molar-refractivity contribution >= 4 is 18.2 Å². The van der Waals surface area contributed by atoms with Crippen molar-refractivity contribution in [3.63, 3.8) is 0 Å². The van der Waals surface area contributed by atoms with Gasteiger partial charge in [-0.25, -0.2) is 14.4 Å². The molecule has 10 aliphatic rings. The highest BCUT2D eigenvalue weighted by atomic mass is 16.7. The zero-order chi connectivity index (χ0) is 47.8. The highest BCUT2D eigenvalue weighted by Gasteiger charge is 2.94. The Labute approximate surface area is 406 Å². The minimum absolute atomic E-state index is 0.0426. The number of alkyl carbamates (subject to hydrolysis) is 2. The summed E-state index contributed by atoms with van der Waals surface area (Å²) in [5, 5.41) is 16.4. The average Bonchev–Trinajstić information content (AvgIpc) is 4.25. The number of allylic oxidation sites excluding steroid dienone is 5. The third-order valence-corrected chi connectivity index (χ3v) is 19.9. The number of carbonyl (C=O) groups is 3. The van der Waals surface area contributed by atoms with Gasteiger partial charge in [0.2, 0.25) is 0 Å². The van der Waals surface area contributed by atoms with Gasteiger partial charge in [-0.05, 0) is 160 Å². The van der Waals surface area contributed by atoms with Gasteiger partial charge in [0.25, 0.3) is 0 Å². The number of aliphatic hydroxyl groups excluding tert-OH is 1. The number of ether oxygens (including phenoxy) is 5. The van der Waals surface area contributed by atoms with E-state index in [1.807, 2.05) is 0 Å². The molecule has 2 spiro atoms. The Hall–Kier alpha value is -3.41. The molecule has 0 aromatic rings. The second-order valence-corrected chi connectivity index (χ2v) is 24.6. The molecule has 6 unspecified atom stereocenters. The first-order chi connectivity index (χ1) is 32.5. The number of hydrogen-bond donors (Lipinski definition) is 3. The SMILES string of the molecule is C=C1/C(=C\C=C2/CCC[C@@]3(C)C2CCC3[C@@H](C)/C=C/C(O)C2CC2)CCCC1COC(=O)NCCCCCCNC(=O)O[C@@H]1[C@H](C(C)(C)C)CC2O[C@]23[C@]12O[C@H]2CC1C2=C(CC[C@@]13C)C(=O)OC2. The number of nitrogens with one attached hydrogen (secondary N) is 2. The van der Waals surface area contributed by atoms with Gasteiger partial charge in [0, 0.05) is 35.9 Å². The molecule has 0 aromatic carbocycles. The minimum atomic E-state index is -0.675. The van der Waals surface area contributed by atoms with Gasteiger partial charge in [-0.1, -0.05) is 90.8 Å². The second-order valence-electron chi connectivity index (χ2n) is 24.6. The van der Waals surface area contributed by atoms with Crippen LogP contribution >= 0.6 is 0 Å². The fourth-order valence-electron chi connectivity index (χ4n) is 15.8. The Bertz CT molecular complexity index is 2130. The summed E-state index contributed by atoms with van der Waals surface area (Å²) in [6.45, 7) is 20.1. The fraction of sp³-hybridized carbons (Fsp3) is 0.772. The molecule has 7 aliphatic carbocycles. The zero-order valence-corrected chi connectivity index (χ0v) is 42.1. The molecule has 0 radical (unpaired) electrons. The van der Waals surface area contributed by atoms with Crippen molar-refractivity contribution < 1.29 is 43.2 Å². The molecule has 3 heterocycles. The molecule has 10 rings (SSSR count). The van der Waals surface area contributed by atoms with E-state index in [9.17, 15) is 19.5 Å². The molecule has 8 fully saturated rings. The highest BCUT2D eigenvalue weighted by molar-refractivity contribution is 5.92. The van der Waals surface area contributed by atoms with Crippen LogP contribution in [-0.4, -0.2) is 85.2 Å². The predicted molar refractivity (Wildman–Crippen MR) is 260 cm³/mol. The first-order valence-corrected chi connectivity index (χ1v) is 27.1. The third-order valence-electron chi connectivity index (χ3n) is 19.9. The van der Waals surface area contributed by atoms with E-state index in [2.05, 4.69) is 83.1 Å². The third kappa shape index (κ3) is 8.35. The normalized spacial score (nSPS) is 41.2. The first kappa shape index (κ1) is 48.2. The molecule has 14 atom stereocenters. The smallest absolute Gasteiger partial charge is 0.407 e. The van der Waals surface area contributed by atoms with Gasteiger partial charge < -0.3 is 39.4 Å². The van der Waals surface area contributed by atoms with Crippen LogP contribution in [-0.2, 0) is 28.5 Å². The van der Waals surface area contributed by atoms with Crippen molar-refractivity contribution in [1.82, 2.24) is 10.6 Å². The summed E-state index contributed by atoms with van der Waals surface area (Å²) in [5.41, 5.74) is 4.74. The molecule has 2 amide bonds. The molecule has 11 heteroatoms. The monoisotopic (exact) mass is 939 g/mol. The minimum Gasteiger partial charge on any atom is -0.458 e. The number of fused-ring (bicyclic) bond motifs is 3. The molecule has 3 aliphatic heterocycles. The van der Waals surface area contributed by atoms with E-state index in [0.717, 1.165) is 93.8 Å². The number of rotatable bonds is 15. The number of amides is 2. The molecule has 2 saturated heterocycles. The van der Waals surface area contributed by atoms with Crippen LogP contribution < -0.4 is 10.6 Å². The van der Waals surface area contributed by atoms with Gasteiger partial charge in [-0.3, -0.25) is 0 Å². The van der Waals surface area contributed by atoms with E-state index in [-0.39, 0.29) is 59.0 Å². The van der Waals surface area contributed by atoms with Gasteiger partial charge >= 0.3 is 18.2 Å². The standard InChI is InChI=1S/C57H82N2O9/c1-34(17-24-46(60)38-20-21-38)42-22-23-43-37(16-13-26-54(42,43)6)19-18-36-14-12-15-39(35(36)2)32-65-51(62)58-28-10-8-9-11-29-59-52(63)66-49-45(53(3,4)5)31-48-57(68-48)55(7)27-25-40-41(33-64-50(40)61)44(55)30-47-56(49,57)67-47/h17-19,24,34,38-39,42-49,60H,2,8-16,20-23,25-33H2,1,3-7H3,(H,58,62)(H,59,63)/b24-17+,36-18-,37-19+/t34-,39?,42?,43?,44?,45+,46?,47-,48?,49+,54+,55-,56+,57+/m0/s1. The highest BCUT2D eigenvalue weighted by Crippen LogP contribution is 2.80. The maximum absolute atomic E-state index is 13.6. The van der Waals surface area contributed by atoms with Crippen molar-refractivity contribution in [2.45, 2.75) is 193 Å². The Kier molecular flexibility index (Phi) is 13.0. The van der Waals surface area contributed by atoms with Crippen LogP contribution in [0.15, 0.2) is 58.7 Å². The summed E-state index contributed by atoms with van der Waals surface area (Å²) in [7, 11) is 0. The lowest BCUT2D eigenvalue weighted by Crippen LogP contribution is -2.68. The van der Waals surface area contributed by atoms with Crippen molar-refractivity contribution in [3.8, 4) is 0 Å². The van der Waals surface area contributed by atoms with E-state index >= 15 is 0 Å². The average molecular weight is 939 g/mol. The summed E-state index contributed by atoms with van der Waals surface area (Å²) in [6, 6.07) is 0. The van der Waals surface area contributed by atoms with E-state index in [1.54, 1.807) is 5.57 Å². The summed E-state index contributed by atoms with van der Waals surface area (Å²) >= 11 is 0. The summed E-state index contributed by atoms with van der Waals surface area (Å²) in [4.78, 5) is 38.9. The molecule has 3 N–H and O–H groups in total. The Morgan fingerprint density at radius 2 is 1.65 bits per heavy atom. The molecule has 11 nitrogen and oxygen atoms in total. The molecule has 0 aromatic heterocycles. The van der Waals surface area contributed by atoms with Crippen LogP contribution in [0.1, 0.15) is 157 Å². The topological polar surface area (TPSA) is 148 Å². The summed E-state index contributed by atoms with van der Waals surface area (Å²) in [5.74, 6) is 2.43. The number of epoxide rings is 2. The van der Waals surface area contributed by atoms with Gasteiger partial charge in [0.1, 0.15) is 24.9 Å². The van der Waals surface area contributed by atoms with Gasteiger partial charge in [-0.2, -0.15) is 0 Å². The number of cyclic esters (lactones) is 1. The quantitative estimate of drug-likeness (QED) is 0.0480. The number of unbranched alkanes of at least 4 members (excludes halogenated alkanes) is 3. The number of esters is 1. The van der Waals surface area contributed by atoms with Gasteiger partial charge in [0.05, 0.1) is 18.3 Å². The van der Waals surface area contributed by atoms with E-state index in [0.29, 0.717) is 61.8 Å². The second kappa shape index (κ2) is 18.3. The molecule has 0 bridgehead atoms. The van der Waals surface area contributed by atoms with E-state index in [4.69, 9.17) is 23.7 Å². The lowest BCUT2D eigenvalue weighted by atomic mass is 9.46. The van der Waals surface area contributed by atoms with Gasteiger partial charge in [-0.15, -0.1) is 0 Å². The van der Waals surface area contributed by atoms with Crippen LogP contribution in [0.25, 0.3) is 0 Å². The molecule has 68 heavy (non-hydrogen) atoms. The number of hydrogen-bond acceptors (Lipinski definition) is 9. The Balaban J connectivity index is 0.637. The molecular weight excluding hydrogens is 857 g/mol. The van der Waals surface area contributed by atoms with E-state index in [1.165, 1.54) is 37.7 Å². The van der Waals surface area contributed by atoms with Gasteiger partial charge in [0.15, 0.2) is 5.60 Å². The van der Waals surface area contributed by atoms with Crippen molar-refractivity contribution in [2.75, 3.05) is 26.3 Å². The van der Waals surface area contributed by atoms with Crippen LogP contribution in [0.5, 0.6) is 0 Å². The molecular formula is C57H82N2O9. The zero-order valence-electron chi connectivity index (χ0n) is 42.1. The van der Waals surface area contributed by atoms with Crippen LogP contribution in [0.2, 0.25) is 0 Å². The lowest BCUT2D eigenvalue weighted by Gasteiger charge is -2.55. The van der Waals surface area contributed by atoms with Crippen LogP contribution in [0.3, 0.4) is 0 Å². The number of aliphatic hydroxyl groups is 1. The maximum atomic E-state index is 13.6. The first-order valence-electron chi connectivity index (χ1n) is 27.1. The van der Waals surface area contributed by atoms with Crippen molar-refractivity contribution in [3.05, 3.63) is 58.7 Å². The Morgan fingerprint density at radius 3 is 2.40 bits per heavy atom. The maximum Gasteiger partial charge on any atom is 0.407 e. The molecule has 6 saturated carbocycles. The Morgan fingerprint density at radius 1 is 0.882 bits per heavy atom. The fourth-order valence-corrected chi connectivity index (χ4v) is 15.8.